The van der Waals surface area contributed by atoms with Crippen LogP contribution >= 0.6 is 0 Å². The summed E-state index contributed by atoms with van der Waals surface area (Å²) in [7, 11) is 0. The molecule has 0 atom stereocenters. The highest BCUT2D eigenvalue weighted by molar-refractivity contribution is 5.96. The summed E-state index contributed by atoms with van der Waals surface area (Å²) in [5.74, 6) is -0.581. The molecule has 0 radical (unpaired) electrons. The molecule has 1 amide bonds. The first-order valence-electron chi connectivity index (χ1n) is 8.15. The van der Waals surface area contributed by atoms with E-state index >= 15 is 0 Å². The van der Waals surface area contributed by atoms with Gasteiger partial charge >= 0.3 is 0 Å². The zero-order chi connectivity index (χ0) is 20.3. The number of carbonyl (C=O) groups is 1. The molecule has 9 nitrogen and oxygen atoms in total. The summed E-state index contributed by atoms with van der Waals surface area (Å²) in [6.45, 7) is 0.715. The normalized spacial score (nSPS) is 11.0. The zero-order valence-electron chi connectivity index (χ0n) is 14.7. The van der Waals surface area contributed by atoms with Crippen molar-refractivity contribution in [2.24, 2.45) is 0 Å². The Balaban J connectivity index is 1.77. The molecule has 3 heterocycles. The quantitative estimate of drug-likeness (QED) is 0.650. The molecule has 28 heavy (non-hydrogen) atoms. The van der Waals surface area contributed by atoms with E-state index in [4.69, 9.17) is 10.2 Å². The molecule has 0 aliphatic heterocycles. The van der Waals surface area contributed by atoms with Crippen LogP contribution in [0.3, 0.4) is 0 Å². The van der Waals surface area contributed by atoms with Gasteiger partial charge in [-0.05, 0) is 13.0 Å². The number of nitrogens with zero attached hydrogens (tertiary/aromatic N) is 4. The number of hydrogen-bond acceptors (Lipinski definition) is 7. The molecule has 0 unspecified atom stereocenters. The molecule has 0 bridgehead atoms. The van der Waals surface area contributed by atoms with E-state index in [2.05, 4.69) is 20.3 Å². The van der Waals surface area contributed by atoms with E-state index in [0.717, 1.165) is 4.57 Å². The number of alkyl halides is 2. The van der Waals surface area contributed by atoms with Crippen LogP contribution in [0.15, 0.2) is 40.0 Å². The van der Waals surface area contributed by atoms with Crippen molar-refractivity contribution in [3.05, 3.63) is 58.1 Å². The number of anilines is 1. The SMILES string of the molecule is Cc1nc(C(=O)NCc2cccn(CC(F)F)c2=O)c(N)nc1-c1ncco1. The number of aromatic nitrogens is 4. The Bertz CT molecular complexity index is 1050. The summed E-state index contributed by atoms with van der Waals surface area (Å²) in [6, 6.07) is 2.89. The van der Waals surface area contributed by atoms with E-state index in [1.54, 1.807) is 6.92 Å². The highest BCUT2D eigenvalue weighted by Crippen LogP contribution is 2.20. The largest absolute Gasteiger partial charge is 0.443 e. The molecule has 0 saturated carbocycles. The van der Waals surface area contributed by atoms with Crippen LogP contribution in [0.4, 0.5) is 14.6 Å². The van der Waals surface area contributed by atoms with Crippen LogP contribution in [0.1, 0.15) is 21.7 Å². The number of halogens is 2. The number of aryl methyl sites for hydroxylation is 1. The summed E-state index contributed by atoms with van der Waals surface area (Å²) in [4.78, 5) is 36.8. The van der Waals surface area contributed by atoms with Crippen LogP contribution in [0, 0.1) is 6.92 Å². The summed E-state index contributed by atoms with van der Waals surface area (Å²) >= 11 is 0. The molecule has 3 rings (SSSR count). The third kappa shape index (κ3) is 4.03. The van der Waals surface area contributed by atoms with E-state index in [-0.39, 0.29) is 29.5 Å². The fourth-order valence-corrected chi connectivity index (χ4v) is 2.52. The first kappa shape index (κ1) is 19.1. The van der Waals surface area contributed by atoms with Gasteiger partial charge in [0.25, 0.3) is 17.9 Å². The first-order chi connectivity index (χ1) is 13.4. The van der Waals surface area contributed by atoms with Crippen LogP contribution in [-0.2, 0) is 13.1 Å². The second kappa shape index (κ2) is 7.94. The van der Waals surface area contributed by atoms with Crippen LogP contribution < -0.4 is 16.6 Å². The second-order valence-corrected chi connectivity index (χ2v) is 5.79. The molecule has 0 fully saturated rings. The molecule has 0 aromatic carbocycles. The third-order valence-corrected chi connectivity index (χ3v) is 3.82. The predicted octanol–water partition coefficient (Wildman–Crippen LogP) is 1.38. The van der Waals surface area contributed by atoms with Crippen molar-refractivity contribution >= 4 is 11.7 Å². The van der Waals surface area contributed by atoms with Gasteiger partial charge in [0.15, 0.2) is 11.5 Å². The maximum Gasteiger partial charge on any atom is 0.274 e. The summed E-state index contributed by atoms with van der Waals surface area (Å²) in [5.41, 5.74) is 5.91. The number of hydrogen-bond donors (Lipinski definition) is 2. The van der Waals surface area contributed by atoms with Gasteiger partial charge in [0.1, 0.15) is 12.0 Å². The number of nitrogens with two attached hydrogens (primary N) is 1. The fraction of sp³-hybridized carbons (Fsp3) is 0.235. The van der Waals surface area contributed by atoms with Crippen molar-refractivity contribution in [2.75, 3.05) is 5.73 Å². The summed E-state index contributed by atoms with van der Waals surface area (Å²) < 4.78 is 31.1. The van der Waals surface area contributed by atoms with E-state index < -0.39 is 24.4 Å². The number of nitrogen functional groups attached to an aromatic ring is 1. The van der Waals surface area contributed by atoms with Gasteiger partial charge in [-0.2, -0.15) is 0 Å². The van der Waals surface area contributed by atoms with Crippen LogP contribution in [-0.4, -0.2) is 31.9 Å². The molecule has 3 aromatic rings. The van der Waals surface area contributed by atoms with E-state index in [1.807, 2.05) is 0 Å². The molecular formula is C17H16F2N6O3. The van der Waals surface area contributed by atoms with E-state index in [9.17, 15) is 18.4 Å². The Morgan fingerprint density at radius 2 is 2.18 bits per heavy atom. The van der Waals surface area contributed by atoms with E-state index in [0.29, 0.717) is 11.4 Å². The van der Waals surface area contributed by atoms with Crippen LogP contribution in [0.5, 0.6) is 0 Å². The Morgan fingerprint density at radius 3 is 2.86 bits per heavy atom. The van der Waals surface area contributed by atoms with Gasteiger partial charge < -0.3 is 20.0 Å². The van der Waals surface area contributed by atoms with Gasteiger partial charge in [-0.15, -0.1) is 0 Å². The minimum Gasteiger partial charge on any atom is -0.443 e. The Morgan fingerprint density at radius 1 is 1.39 bits per heavy atom. The number of nitrogens with one attached hydrogen (secondary N) is 1. The molecule has 0 aliphatic rings. The fourth-order valence-electron chi connectivity index (χ4n) is 2.52. The molecule has 0 saturated heterocycles. The lowest BCUT2D eigenvalue weighted by atomic mass is 10.2. The van der Waals surface area contributed by atoms with Crippen LogP contribution in [0.2, 0.25) is 0 Å². The summed E-state index contributed by atoms with van der Waals surface area (Å²) in [6.07, 6.45) is 1.40. The topological polar surface area (TPSA) is 129 Å². The molecule has 3 aromatic heterocycles. The number of oxazole rings is 1. The van der Waals surface area contributed by atoms with Gasteiger partial charge in [-0.3, -0.25) is 9.59 Å². The molecule has 0 spiro atoms. The minimum atomic E-state index is -2.66. The Kier molecular flexibility index (Phi) is 5.43. The molecular weight excluding hydrogens is 374 g/mol. The highest BCUT2D eigenvalue weighted by atomic mass is 19.3. The number of amides is 1. The lowest BCUT2D eigenvalue weighted by molar-refractivity contribution is 0.0945. The van der Waals surface area contributed by atoms with Crippen molar-refractivity contribution in [1.82, 2.24) is 24.8 Å². The highest BCUT2D eigenvalue weighted by Gasteiger charge is 2.19. The van der Waals surface area contributed by atoms with E-state index in [1.165, 1.54) is 30.8 Å². The van der Waals surface area contributed by atoms with Crippen molar-refractivity contribution in [3.63, 3.8) is 0 Å². The standard InChI is InChI=1S/C17H16F2N6O3/c1-9-12(16-21-4-6-28-16)24-14(20)13(23-9)15(26)22-7-10-3-2-5-25(17(10)27)8-11(18)19/h2-6,11H,7-8H2,1H3,(H2,20,24)(H,22,26). The average molecular weight is 390 g/mol. The zero-order valence-corrected chi connectivity index (χ0v) is 14.7. The van der Waals surface area contributed by atoms with Crippen molar-refractivity contribution in [2.45, 2.75) is 26.4 Å². The van der Waals surface area contributed by atoms with Gasteiger partial charge in [-0.25, -0.2) is 23.7 Å². The maximum atomic E-state index is 12.5. The smallest absolute Gasteiger partial charge is 0.274 e. The Hall–Kier alpha value is -3.63. The van der Waals surface area contributed by atoms with Crippen molar-refractivity contribution in [1.29, 1.82) is 0 Å². The lowest BCUT2D eigenvalue weighted by Crippen LogP contribution is -2.31. The van der Waals surface area contributed by atoms with Gasteiger partial charge in [0.05, 0.1) is 18.4 Å². The third-order valence-electron chi connectivity index (χ3n) is 3.82. The lowest BCUT2D eigenvalue weighted by Gasteiger charge is -2.10. The second-order valence-electron chi connectivity index (χ2n) is 5.79. The molecule has 146 valence electrons. The average Bonchev–Trinajstić information content (AvgIpc) is 3.18. The minimum absolute atomic E-state index is 0.128. The number of carbonyl (C=O) groups excluding carboxylic acids is 1. The first-order valence-corrected chi connectivity index (χ1v) is 8.15. The van der Waals surface area contributed by atoms with Crippen LogP contribution in [0.25, 0.3) is 11.6 Å². The number of pyridine rings is 1. The van der Waals surface area contributed by atoms with Gasteiger partial charge in [0, 0.05) is 18.3 Å². The maximum absolute atomic E-state index is 12.5. The number of rotatable bonds is 6. The van der Waals surface area contributed by atoms with Gasteiger partial charge in [0.2, 0.25) is 5.89 Å². The molecule has 3 N–H and O–H groups in total. The molecule has 0 aliphatic carbocycles. The predicted molar refractivity (Wildman–Crippen MR) is 94.6 cm³/mol. The Labute approximate surface area is 157 Å². The molecule has 11 heteroatoms. The summed E-state index contributed by atoms with van der Waals surface area (Å²) in [5, 5.41) is 2.50. The van der Waals surface area contributed by atoms with Crippen molar-refractivity contribution in [3.8, 4) is 11.6 Å². The monoisotopic (exact) mass is 390 g/mol. The van der Waals surface area contributed by atoms with Gasteiger partial charge in [-0.1, -0.05) is 6.07 Å². The van der Waals surface area contributed by atoms with Crippen molar-refractivity contribution < 1.29 is 18.0 Å².